The van der Waals surface area contributed by atoms with Gasteiger partial charge in [-0.3, -0.25) is 10.1 Å². The van der Waals surface area contributed by atoms with Gasteiger partial charge in [0.15, 0.2) is 10.7 Å². The number of nitrogens with one attached hydrogen (secondary N) is 1. The van der Waals surface area contributed by atoms with Crippen LogP contribution in [-0.2, 0) is 0 Å². The van der Waals surface area contributed by atoms with Crippen molar-refractivity contribution in [3.8, 4) is 0 Å². The zero-order chi connectivity index (χ0) is 15.1. The SMILES string of the molecule is CCSN(SCC)C(=S)c1ncnc(NC)c1[N+](=O)[O-]. The first-order valence-corrected chi connectivity index (χ1v) is 8.13. The molecule has 110 valence electrons. The van der Waals surface area contributed by atoms with Gasteiger partial charge in [0.1, 0.15) is 6.33 Å². The van der Waals surface area contributed by atoms with Crippen LogP contribution in [0.25, 0.3) is 0 Å². The van der Waals surface area contributed by atoms with Gasteiger partial charge >= 0.3 is 5.69 Å². The Morgan fingerprint density at radius 3 is 2.50 bits per heavy atom. The normalized spacial score (nSPS) is 10.2. The average Bonchev–Trinajstić information content (AvgIpc) is 2.45. The Labute approximate surface area is 131 Å². The van der Waals surface area contributed by atoms with Crippen molar-refractivity contribution in [3.05, 3.63) is 22.1 Å². The zero-order valence-electron chi connectivity index (χ0n) is 11.3. The van der Waals surface area contributed by atoms with Gasteiger partial charge in [-0.05, 0) is 23.9 Å². The highest BCUT2D eigenvalue weighted by molar-refractivity contribution is 8.13. The molecule has 1 rings (SSSR count). The third kappa shape index (κ3) is 3.93. The van der Waals surface area contributed by atoms with Crippen molar-refractivity contribution in [3.63, 3.8) is 0 Å². The molecule has 1 aromatic rings. The predicted molar refractivity (Wildman–Crippen MR) is 88.0 cm³/mol. The van der Waals surface area contributed by atoms with Gasteiger partial charge in [0.25, 0.3) is 0 Å². The molecule has 1 heterocycles. The van der Waals surface area contributed by atoms with Crippen molar-refractivity contribution >= 4 is 52.6 Å². The molecule has 0 aliphatic carbocycles. The number of nitro groups is 1. The molecular formula is C10H15N5O2S3. The highest BCUT2D eigenvalue weighted by Gasteiger charge is 2.28. The third-order valence-electron chi connectivity index (χ3n) is 2.10. The van der Waals surface area contributed by atoms with Gasteiger partial charge in [-0.25, -0.2) is 13.7 Å². The van der Waals surface area contributed by atoms with Crippen LogP contribution in [0, 0.1) is 10.1 Å². The van der Waals surface area contributed by atoms with Crippen LogP contribution in [0.1, 0.15) is 19.5 Å². The van der Waals surface area contributed by atoms with Crippen LogP contribution in [0.5, 0.6) is 0 Å². The summed E-state index contributed by atoms with van der Waals surface area (Å²) >= 11 is 8.33. The van der Waals surface area contributed by atoms with Gasteiger partial charge in [0.05, 0.1) is 4.92 Å². The fraction of sp³-hybridized carbons (Fsp3) is 0.500. The fourth-order valence-electron chi connectivity index (χ4n) is 1.37. The highest BCUT2D eigenvalue weighted by Crippen LogP contribution is 2.31. The number of rotatable bonds is 7. The summed E-state index contributed by atoms with van der Waals surface area (Å²) in [6.45, 7) is 3.98. The second-order valence-electron chi connectivity index (χ2n) is 3.32. The first-order valence-electron chi connectivity index (χ1n) is 5.84. The van der Waals surface area contributed by atoms with Crippen molar-refractivity contribution < 1.29 is 4.92 Å². The van der Waals surface area contributed by atoms with Crippen LogP contribution >= 0.6 is 36.1 Å². The van der Waals surface area contributed by atoms with Gasteiger partial charge in [-0.15, -0.1) is 0 Å². The lowest BCUT2D eigenvalue weighted by Gasteiger charge is -2.20. The molecule has 0 radical (unpaired) electrons. The average molecular weight is 333 g/mol. The summed E-state index contributed by atoms with van der Waals surface area (Å²) < 4.78 is 1.78. The molecule has 0 amide bonds. The molecule has 0 aliphatic heterocycles. The number of thiocarbonyl (C=S) groups is 1. The van der Waals surface area contributed by atoms with Crippen LogP contribution < -0.4 is 5.32 Å². The number of hydrogen-bond acceptors (Lipinski definition) is 8. The van der Waals surface area contributed by atoms with Gasteiger partial charge in [-0.1, -0.05) is 26.1 Å². The van der Waals surface area contributed by atoms with E-state index in [0.29, 0.717) is 4.99 Å². The minimum atomic E-state index is -0.515. The third-order valence-corrected chi connectivity index (χ3v) is 4.69. The van der Waals surface area contributed by atoms with E-state index in [-0.39, 0.29) is 17.2 Å². The maximum absolute atomic E-state index is 11.2. The molecule has 0 fully saturated rings. The van der Waals surface area contributed by atoms with Crippen LogP contribution in [0.4, 0.5) is 11.5 Å². The number of hydrogen-bond donors (Lipinski definition) is 1. The summed E-state index contributed by atoms with van der Waals surface area (Å²) in [7, 11) is 1.57. The standard InChI is InChI=1S/C10H15N5O2S3/c1-4-19-15(20-5-2)10(18)7-8(14(16)17)9(11-3)13-6-12-7/h6H,4-5H2,1-3H3,(H,11,12,13). The largest absolute Gasteiger partial charge is 0.367 e. The van der Waals surface area contributed by atoms with E-state index in [1.165, 1.54) is 30.2 Å². The Balaban J connectivity index is 3.23. The molecule has 0 spiro atoms. The molecule has 7 nitrogen and oxygen atoms in total. The fourth-order valence-corrected chi connectivity index (χ4v) is 3.64. The zero-order valence-corrected chi connectivity index (χ0v) is 13.8. The lowest BCUT2D eigenvalue weighted by molar-refractivity contribution is -0.384. The smallest absolute Gasteiger partial charge is 0.339 e. The Morgan fingerprint density at radius 2 is 2.05 bits per heavy atom. The molecule has 10 heteroatoms. The van der Waals surface area contributed by atoms with Gasteiger partial charge in [0, 0.05) is 18.6 Å². The molecule has 0 aromatic carbocycles. The van der Waals surface area contributed by atoms with E-state index < -0.39 is 4.92 Å². The molecule has 0 saturated carbocycles. The Hall–Kier alpha value is -1.13. The van der Waals surface area contributed by atoms with Gasteiger partial charge in [0.2, 0.25) is 5.82 Å². The highest BCUT2D eigenvalue weighted by atomic mass is 32.2. The maximum Gasteiger partial charge on any atom is 0.339 e. The van der Waals surface area contributed by atoms with Crippen molar-refractivity contribution in [2.24, 2.45) is 0 Å². The first-order chi connectivity index (χ1) is 9.56. The van der Waals surface area contributed by atoms with E-state index in [0.717, 1.165) is 11.5 Å². The molecule has 0 bridgehead atoms. The van der Waals surface area contributed by atoms with Crippen molar-refractivity contribution in [2.75, 3.05) is 23.9 Å². The summed E-state index contributed by atoms with van der Waals surface area (Å²) in [6, 6.07) is 0. The first kappa shape index (κ1) is 16.9. The summed E-state index contributed by atoms with van der Waals surface area (Å²) in [5.41, 5.74) is -0.0374. The van der Waals surface area contributed by atoms with Crippen LogP contribution in [0.3, 0.4) is 0 Å². The molecule has 1 aromatic heterocycles. The van der Waals surface area contributed by atoms with E-state index in [1.54, 1.807) is 10.8 Å². The van der Waals surface area contributed by atoms with E-state index in [2.05, 4.69) is 15.3 Å². The monoisotopic (exact) mass is 333 g/mol. The van der Waals surface area contributed by atoms with Gasteiger partial charge < -0.3 is 5.32 Å². The molecule has 0 saturated heterocycles. The second-order valence-corrected chi connectivity index (χ2v) is 6.34. The van der Waals surface area contributed by atoms with E-state index in [9.17, 15) is 10.1 Å². The quantitative estimate of drug-likeness (QED) is 0.350. The lowest BCUT2D eigenvalue weighted by Crippen LogP contribution is -2.20. The Bertz CT molecular complexity index is 494. The molecule has 0 atom stereocenters. The van der Waals surface area contributed by atoms with E-state index >= 15 is 0 Å². The minimum Gasteiger partial charge on any atom is -0.367 e. The number of anilines is 1. The summed E-state index contributed by atoms with van der Waals surface area (Å²) in [5.74, 6) is 1.78. The molecule has 1 N–H and O–H groups in total. The predicted octanol–water partition coefficient (Wildman–Crippen LogP) is 2.74. The topological polar surface area (TPSA) is 84.2 Å². The van der Waals surface area contributed by atoms with Crippen LogP contribution in [0.2, 0.25) is 0 Å². The van der Waals surface area contributed by atoms with Crippen LogP contribution in [-0.4, -0.2) is 42.1 Å². The molecule has 0 aliphatic rings. The van der Waals surface area contributed by atoms with Crippen molar-refractivity contribution in [1.82, 2.24) is 13.7 Å². The van der Waals surface area contributed by atoms with Crippen molar-refractivity contribution in [1.29, 1.82) is 0 Å². The van der Waals surface area contributed by atoms with Crippen molar-refractivity contribution in [2.45, 2.75) is 13.8 Å². The second kappa shape index (κ2) is 8.22. The minimum absolute atomic E-state index is 0.158. The molecule has 20 heavy (non-hydrogen) atoms. The van der Waals surface area contributed by atoms with E-state index in [4.69, 9.17) is 12.2 Å². The summed E-state index contributed by atoms with van der Waals surface area (Å²) in [6.07, 6.45) is 1.27. The van der Waals surface area contributed by atoms with Gasteiger partial charge in [-0.2, -0.15) is 0 Å². The molecular weight excluding hydrogens is 318 g/mol. The van der Waals surface area contributed by atoms with Crippen LogP contribution in [0.15, 0.2) is 6.33 Å². The lowest BCUT2D eigenvalue weighted by atomic mass is 10.3. The van der Waals surface area contributed by atoms with E-state index in [1.807, 2.05) is 13.8 Å². The number of aromatic nitrogens is 2. The summed E-state index contributed by atoms with van der Waals surface area (Å²) in [4.78, 5) is 18.9. The Kier molecular flexibility index (Phi) is 6.96. The number of nitrogens with zero attached hydrogens (tertiary/aromatic N) is 4. The summed E-state index contributed by atoms with van der Waals surface area (Å²) in [5, 5.41) is 13.9. The maximum atomic E-state index is 11.2. The molecule has 0 unspecified atom stereocenters. The Morgan fingerprint density at radius 1 is 1.45 bits per heavy atom.